The van der Waals surface area contributed by atoms with E-state index < -0.39 is 33.3 Å². The van der Waals surface area contributed by atoms with E-state index in [2.05, 4.69) is 19.7 Å². The Morgan fingerprint density at radius 1 is 1.25 bits per heavy atom. The molecule has 1 fully saturated rings. The number of hydrogen-bond acceptors (Lipinski definition) is 6. The van der Waals surface area contributed by atoms with Crippen LogP contribution in [0, 0.1) is 12.7 Å². The second-order valence-corrected chi connectivity index (χ2v) is 10.1. The van der Waals surface area contributed by atoms with E-state index in [0.29, 0.717) is 24.0 Å². The minimum atomic E-state index is -4.01. The Morgan fingerprint density at radius 2 is 1.97 bits per heavy atom. The average molecular weight is 510 g/mol. The Morgan fingerprint density at radius 3 is 2.61 bits per heavy atom. The second-order valence-electron chi connectivity index (χ2n) is 8.68. The van der Waals surface area contributed by atoms with Crippen molar-refractivity contribution in [1.82, 2.24) is 14.3 Å². The van der Waals surface area contributed by atoms with E-state index in [-0.39, 0.29) is 35.0 Å². The number of carbonyl (C=O) groups excluding carboxylic acids is 1. The van der Waals surface area contributed by atoms with Crippen molar-refractivity contribution in [2.75, 3.05) is 10.0 Å². The van der Waals surface area contributed by atoms with Gasteiger partial charge in [-0.1, -0.05) is 23.2 Å². The van der Waals surface area contributed by atoms with Gasteiger partial charge in [-0.25, -0.2) is 9.37 Å². The third kappa shape index (κ3) is 5.57. The molecule has 0 bridgehead atoms. The molecule has 1 amide bonds. The lowest BCUT2D eigenvalue weighted by Gasteiger charge is -2.18. The zero-order valence-corrected chi connectivity index (χ0v) is 20.4. The highest BCUT2D eigenvalue weighted by Crippen LogP contribution is 2.24. The molecule has 5 N–H and O–H groups in total. The molecule has 3 aromatic rings. The topological polar surface area (TPSA) is 148 Å². The number of pyridine rings is 2. The van der Waals surface area contributed by atoms with Gasteiger partial charge in [-0.15, -0.1) is 0 Å². The van der Waals surface area contributed by atoms with E-state index in [1.54, 1.807) is 12.1 Å². The number of halogens is 1. The number of aryl methyl sites for hydroxylation is 1. The molecule has 0 spiro atoms. The standard InChI is InChI=1S/C23H24BFN6O4S/c1-12-3-6-18(17(24)9-12)28-22-16(20(26)32)11-14(23(33)31(22)2)10-13-7-8-27-21(19(13)25)30-36(34,35)29-15-4-5-15/h3,6-9,11,15,28-29H,4-5,10H2,1-2H3,(H2,26,32)(H,27,30). The molecule has 186 valence electrons. The molecule has 2 heterocycles. The van der Waals surface area contributed by atoms with Crippen LogP contribution in [0.4, 0.5) is 21.7 Å². The molecule has 10 nitrogen and oxygen atoms in total. The number of carbonyl (C=O) groups is 1. The summed E-state index contributed by atoms with van der Waals surface area (Å²) in [5.74, 6) is -2.12. The molecular formula is C23H24BFN6O4S. The van der Waals surface area contributed by atoms with Crippen LogP contribution < -0.4 is 31.5 Å². The Kier molecular flexibility index (Phi) is 6.87. The summed E-state index contributed by atoms with van der Waals surface area (Å²) in [7, 11) is 3.49. The molecule has 2 aromatic heterocycles. The van der Waals surface area contributed by atoms with E-state index in [1.165, 1.54) is 29.9 Å². The highest BCUT2D eigenvalue weighted by molar-refractivity contribution is 7.90. The molecule has 4 rings (SSSR count). The molecule has 36 heavy (non-hydrogen) atoms. The van der Waals surface area contributed by atoms with Gasteiger partial charge in [-0.2, -0.15) is 13.1 Å². The number of benzene rings is 1. The summed E-state index contributed by atoms with van der Waals surface area (Å²) in [6.45, 7) is 1.87. The zero-order chi connectivity index (χ0) is 26.2. The van der Waals surface area contributed by atoms with E-state index >= 15 is 4.39 Å². The number of nitrogens with two attached hydrogens (primary N) is 1. The largest absolute Gasteiger partial charge is 0.365 e. The van der Waals surface area contributed by atoms with Gasteiger partial charge in [0.15, 0.2) is 11.6 Å². The van der Waals surface area contributed by atoms with Crippen molar-refractivity contribution >= 4 is 46.7 Å². The normalized spacial score (nSPS) is 13.4. The van der Waals surface area contributed by atoms with Crippen LogP contribution in [-0.2, 0) is 23.7 Å². The number of amides is 1. The van der Waals surface area contributed by atoms with Crippen LogP contribution >= 0.6 is 0 Å². The van der Waals surface area contributed by atoms with Crippen LogP contribution in [0.15, 0.2) is 41.3 Å². The van der Waals surface area contributed by atoms with Gasteiger partial charge in [-0.3, -0.25) is 18.9 Å². The van der Waals surface area contributed by atoms with Crippen molar-refractivity contribution in [3.05, 3.63) is 75.0 Å². The molecule has 0 unspecified atom stereocenters. The van der Waals surface area contributed by atoms with Crippen molar-refractivity contribution in [3.8, 4) is 0 Å². The van der Waals surface area contributed by atoms with Gasteiger partial charge in [0.1, 0.15) is 13.7 Å². The smallest absolute Gasteiger partial charge is 0.300 e. The first-order valence-corrected chi connectivity index (χ1v) is 12.5. The van der Waals surface area contributed by atoms with Gasteiger partial charge in [0, 0.05) is 37.0 Å². The predicted octanol–water partition coefficient (Wildman–Crippen LogP) is 0.864. The lowest BCUT2D eigenvalue weighted by Crippen LogP contribution is -2.32. The quantitative estimate of drug-likeness (QED) is 0.314. The first kappa shape index (κ1) is 25.4. The highest BCUT2D eigenvalue weighted by atomic mass is 32.2. The average Bonchev–Trinajstić information content (AvgIpc) is 3.60. The minimum absolute atomic E-state index is 0.00361. The lowest BCUT2D eigenvalue weighted by molar-refractivity contribution is 0.100. The Balaban J connectivity index is 1.68. The Labute approximate surface area is 208 Å². The molecule has 1 aliphatic carbocycles. The van der Waals surface area contributed by atoms with Gasteiger partial charge < -0.3 is 11.1 Å². The maximum absolute atomic E-state index is 15.1. The first-order chi connectivity index (χ1) is 16.9. The Hall–Kier alpha value is -3.71. The van der Waals surface area contributed by atoms with Crippen LogP contribution in [0.5, 0.6) is 0 Å². The summed E-state index contributed by atoms with van der Waals surface area (Å²) in [4.78, 5) is 29.2. The van der Waals surface area contributed by atoms with E-state index in [1.807, 2.05) is 13.0 Å². The SMILES string of the molecule is [B]c1cc(C)ccc1Nc1c(C(N)=O)cc(Cc2ccnc(NS(=O)(=O)NC3CC3)c2F)c(=O)n1C. The molecule has 2 radical (unpaired) electrons. The monoisotopic (exact) mass is 510 g/mol. The molecular weight excluding hydrogens is 486 g/mol. The van der Waals surface area contributed by atoms with E-state index in [9.17, 15) is 18.0 Å². The predicted molar refractivity (Wildman–Crippen MR) is 136 cm³/mol. The second kappa shape index (κ2) is 9.74. The van der Waals surface area contributed by atoms with Crippen LogP contribution in [0.3, 0.4) is 0 Å². The number of nitrogens with zero attached hydrogens (tertiary/aromatic N) is 2. The van der Waals surface area contributed by atoms with Gasteiger partial charge in [-0.05, 0) is 43.5 Å². The number of aromatic nitrogens is 2. The van der Waals surface area contributed by atoms with Gasteiger partial charge in [0.2, 0.25) is 0 Å². The molecule has 13 heteroatoms. The van der Waals surface area contributed by atoms with Crippen LogP contribution in [0.25, 0.3) is 0 Å². The minimum Gasteiger partial charge on any atom is -0.365 e. The molecule has 1 saturated carbocycles. The van der Waals surface area contributed by atoms with Crippen LogP contribution in [0.2, 0.25) is 0 Å². The van der Waals surface area contributed by atoms with Gasteiger partial charge >= 0.3 is 10.2 Å². The van der Waals surface area contributed by atoms with Crippen LogP contribution in [-0.4, -0.2) is 37.8 Å². The van der Waals surface area contributed by atoms with Gasteiger partial charge in [0.05, 0.1) is 5.56 Å². The molecule has 0 atom stereocenters. The first-order valence-electron chi connectivity index (χ1n) is 11.0. The summed E-state index contributed by atoms with van der Waals surface area (Å²) in [5.41, 5.74) is 6.96. The van der Waals surface area contributed by atoms with E-state index in [4.69, 9.17) is 13.6 Å². The Bertz CT molecular complexity index is 1520. The summed E-state index contributed by atoms with van der Waals surface area (Å²) < 4.78 is 45.1. The molecule has 1 aromatic carbocycles. The maximum atomic E-state index is 15.1. The number of primary amides is 1. The number of hydrogen-bond donors (Lipinski definition) is 4. The summed E-state index contributed by atoms with van der Waals surface area (Å²) in [6, 6.07) is 7.69. The third-order valence-electron chi connectivity index (χ3n) is 5.69. The van der Waals surface area contributed by atoms with Gasteiger partial charge in [0.25, 0.3) is 11.5 Å². The maximum Gasteiger partial charge on any atom is 0.300 e. The molecule has 0 saturated heterocycles. The number of rotatable bonds is 9. The fourth-order valence-corrected chi connectivity index (χ4v) is 4.80. The van der Waals surface area contributed by atoms with Crippen molar-refractivity contribution < 1.29 is 17.6 Å². The fraction of sp³-hybridized carbons (Fsp3) is 0.261. The van der Waals surface area contributed by atoms with Crippen molar-refractivity contribution in [3.63, 3.8) is 0 Å². The number of nitrogens with one attached hydrogen (secondary N) is 3. The van der Waals surface area contributed by atoms with E-state index in [0.717, 1.165) is 5.56 Å². The van der Waals surface area contributed by atoms with Crippen LogP contribution in [0.1, 0.15) is 39.9 Å². The summed E-state index contributed by atoms with van der Waals surface area (Å²) >= 11 is 0. The third-order valence-corrected chi connectivity index (χ3v) is 6.80. The summed E-state index contributed by atoms with van der Waals surface area (Å²) in [5, 5.41) is 2.99. The molecule has 1 aliphatic rings. The fourth-order valence-electron chi connectivity index (χ4n) is 3.67. The highest BCUT2D eigenvalue weighted by Gasteiger charge is 2.28. The lowest BCUT2D eigenvalue weighted by atomic mass is 9.92. The summed E-state index contributed by atoms with van der Waals surface area (Å²) in [6.07, 6.45) is 2.41. The van der Waals surface area contributed by atoms with Crippen molar-refractivity contribution in [2.24, 2.45) is 12.8 Å². The molecule has 0 aliphatic heterocycles. The zero-order valence-electron chi connectivity index (χ0n) is 19.6. The van der Waals surface area contributed by atoms with Crippen molar-refractivity contribution in [2.45, 2.75) is 32.2 Å². The number of anilines is 3. The van der Waals surface area contributed by atoms with Crippen molar-refractivity contribution in [1.29, 1.82) is 0 Å².